The fourth-order valence-corrected chi connectivity index (χ4v) is 3.22. The molecule has 1 fully saturated rings. The molecule has 0 bridgehead atoms. The van der Waals surface area contributed by atoms with Crippen LogP contribution in [0.5, 0.6) is 0 Å². The third kappa shape index (κ3) is 3.04. The lowest BCUT2D eigenvalue weighted by Crippen LogP contribution is -2.16. The van der Waals surface area contributed by atoms with Crippen LogP contribution in [0.3, 0.4) is 0 Å². The summed E-state index contributed by atoms with van der Waals surface area (Å²) in [6.45, 7) is 2.06. The number of thioether (sulfide) groups is 1. The molecule has 2 rings (SSSR count). The number of aliphatic carboxylic acids is 1. The molecule has 1 saturated carbocycles. The van der Waals surface area contributed by atoms with Crippen molar-refractivity contribution in [3.8, 4) is 0 Å². The van der Waals surface area contributed by atoms with Gasteiger partial charge < -0.3 is 9.67 Å². The summed E-state index contributed by atoms with van der Waals surface area (Å²) in [6.07, 6.45) is 6.95. The van der Waals surface area contributed by atoms with E-state index >= 15 is 0 Å². The number of hydrogen-bond donors (Lipinski definition) is 1. The molecule has 6 heteroatoms. The number of aryl methyl sites for hydroxylation is 1. The lowest BCUT2D eigenvalue weighted by molar-refractivity contribution is -0.133. The normalized spacial score (nSPS) is 16.9. The van der Waals surface area contributed by atoms with Crippen LogP contribution >= 0.6 is 11.8 Å². The van der Waals surface area contributed by atoms with E-state index in [2.05, 4.69) is 21.7 Å². The van der Waals surface area contributed by atoms with Crippen molar-refractivity contribution < 1.29 is 9.90 Å². The molecule has 1 N–H and O–H groups in total. The first-order valence-electron chi connectivity index (χ1n) is 6.50. The first-order valence-corrected chi connectivity index (χ1v) is 7.49. The van der Waals surface area contributed by atoms with Crippen molar-refractivity contribution in [2.45, 2.75) is 56.6 Å². The maximum absolute atomic E-state index is 10.7. The van der Waals surface area contributed by atoms with Crippen LogP contribution in [-0.4, -0.2) is 31.6 Å². The molecule has 1 aliphatic rings. The predicted octanol–water partition coefficient (Wildman–Crippen LogP) is 2.52. The second-order valence-corrected chi connectivity index (χ2v) is 5.54. The van der Waals surface area contributed by atoms with E-state index in [1.807, 2.05) is 0 Å². The van der Waals surface area contributed by atoms with Gasteiger partial charge in [0, 0.05) is 12.5 Å². The molecule has 1 aromatic heterocycles. The van der Waals surface area contributed by atoms with Crippen LogP contribution in [0.25, 0.3) is 0 Å². The highest BCUT2D eigenvalue weighted by atomic mass is 32.2. The van der Waals surface area contributed by atoms with Crippen LogP contribution in [0.2, 0.25) is 0 Å². The van der Waals surface area contributed by atoms with Crippen molar-refractivity contribution in [2.75, 3.05) is 5.75 Å². The zero-order valence-corrected chi connectivity index (χ0v) is 11.4. The molecule has 0 unspecified atom stereocenters. The highest BCUT2D eigenvalue weighted by Crippen LogP contribution is 2.32. The molecule has 0 amide bonds. The van der Waals surface area contributed by atoms with Gasteiger partial charge in [0.2, 0.25) is 0 Å². The van der Waals surface area contributed by atoms with E-state index in [4.69, 9.17) is 5.11 Å². The number of hydrogen-bond acceptors (Lipinski definition) is 4. The Hall–Kier alpha value is -1.04. The largest absolute Gasteiger partial charge is 0.481 e. The fourth-order valence-electron chi connectivity index (χ4n) is 2.48. The molecule has 0 aromatic carbocycles. The van der Waals surface area contributed by atoms with E-state index in [9.17, 15) is 4.79 Å². The third-order valence-electron chi connectivity index (χ3n) is 3.32. The van der Waals surface area contributed by atoms with Crippen LogP contribution in [0.1, 0.15) is 50.9 Å². The number of carboxylic acids is 1. The van der Waals surface area contributed by atoms with Gasteiger partial charge in [-0.25, -0.2) is 0 Å². The van der Waals surface area contributed by atoms with Crippen molar-refractivity contribution in [3.63, 3.8) is 0 Å². The van der Waals surface area contributed by atoms with E-state index in [1.54, 1.807) is 0 Å². The zero-order chi connectivity index (χ0) is 13.0. The maximum Gasteiger partial charge on any atom is 0.313 e. The number of aromatic nitrogens is 3. The van der Waals surface area contributed by atoms with Gasteiger partial charge in [-0.05, 0) is 12.8 Å². The van der Waals surface area contributed by atoms with E-state index in [1.165, 1.54) is 31.0 Å². The first-order chi connectivity index (χ1) is 8.72. The highest BCUT2D eigenvalue weighted by molar-refractivity contribution is 7.99. The minimum Gasteiger partial charge on any atom is -0.481 e. The molecule has 1 aliphatic carbocycles. The van der Waals surface area contributed by atoms with Gasteiger partial charge in [0.15, 0.2) is 5.16 Å². The van der Waals surface area contributed by atoms with Crippen molar-refractivity contribution in [1.82, 2.24) is 14.8 Å². The Balaban J connectivity index is 2.18. The SMILES string of the molecule is CCc1nnc(SCC(=O)O)n1C1CCCCC1. The van der Waals surface area contributed by atoms with Gasteiger partial charge in [0.1, 0.15) is 5.82 Å². The van der Waals surface area contributed by atoms with Gasteiger partial charge in [-0.15, -0.1) is 10.2 Å². The summed E-state index contributed by atoms with van der Waals surface area (Å²) in [5, 5.41) is 17.9. The van der Waals surface area contributed by atoms with Crippen molar-refractivity contribution in [1.29, 1.82) is 0 Å². The Bertz CT molecular complexity index is 413. The molecule has 100 valence electrons. The Morgan fingerprint density at radius 2 is 2.11 bits per heavy atom. The minimum absolute atomic E-state index is 0.0502. The summed E-state index contributed by atoms with van der Waals surface area (Å²) in [6, 6.07) is 0.458. The molecular weight excluding hydrogens is 250 g/mol. The van der Waals surface area contributed by atoms with Gasteiger partial charge >= 0.3 is 5.97 Å². The van der Waals surface area contributed by atoms with Gasteiger partial charge in [0.05, 0.1) is 5.75 Å². The van der Waals surface area contributed by atoms with Crippen LogP contribution in [0, 0.1) is 0 Å². The summed E-state index contributed by atoms with van der Waals surface area (Å²) in [5.41, 5.74) is 0. The molecule has 0 radical (unpaired) electrons. The van der Waals surface area contributed by atoms with E-state index < -0.39 is 5.97 Å². The molecule has 0 saturated heterocycles. The molecule has 0 aliphatic heterocycles. The molecule has 18 heavy (non-hydrogen) atoms. The maximum atomic E-state index is 10.7. The van der Waals surface area contributed by atoms with Crippen LogP contribution in [-0.2, 0) is 11.2 Å². The van der Waals surface area contributed by atoms with Crippen molar-refractivity contribution >= 4 is 17.7 Å². The Labute approximate surface area is 111 Å². The molecule has 1 heterocycles. The Morgan fingerprint density at radius 3 is 2.72 bits per heavy atom. The molecule has 1 aromatic rings. The molecule has 5 nitrogen and oxygen atoms in total. The van der Waals surface area contributed by atoms with Crippen molar-refractivity contribution in [3.05, 3.63) is 5.82 Å². The standard InChI is InChI=1S/C12H19N3O2S/c1-2-10-13-14-12(18-8-11(16)17)15(10)9-6-4-3-5-7-9/h9H,2-8H2,1H3,(H,16,17). The van der Waals surface area contributed by atoms with Gasteiger partial charge in [-0.2, -0.15) is 0 Å². The van der Waals surface area contributed by atoms with Gasteiger partial charge in [-0.3, -0.25) is 4.79 Å². The smallest absolute Gasteiger partial charge is 0.313 e. The molecular formula is C12H19N3O2S. The number of carbonyl (C=O) groups is 1. The average molecular weight is 269 g/mol. The fraction of sp³-hybridized carbons (Fsp3) is 0.750. The van der Waals surface area contributed by atoms with E-state index in [-0.39, 0.29) is 5.75 Å². The lowest BCUT2D eigenvalue weighted by Gasteiger charge is -2.25. The summed E-state index contributed by atoms with van der Waals surface area (Å²) in [7, 11) is 0. The van der Waals surface area contributed by atoms with Crippen LogP contribution in [0.15, 0.2) is 5.16 Å². The van der Waals surface area contributed by atoms with Crippen LogP contribution in [0.4, 0.5) is 0 Å². The summed E-state index contributed by atoms with van der Waals surface area (Å²) >= 11 is 1.27. The minimum atomic E-state index is -0.809. The Morgan fingerprint density at radius 1 is 1.39 bits per heavy atom. The van der Waals surface area contributed by atoms with Crippen LogP contribution < -0.4 is 0 Å². The van der Waals surface area contributed by atoms with Crippen molar-refractivity contribution in [2.24, 2.45) is 0 Å². The number of rotatable bonds is 5. The number of nitrogens with zero attached hydrogens (tertiary/aromatic N) is 3. The second-order valence-electron chi connectivity index (χ2n) is 4.60. The Kier molecular flexibility index (Phi) is 4.63. The highest BCUT2D eigenvalue weighted by Gasteiger charge is 2.22. The topological polar surface area (TPSA) is 68.0 Å². The molecule has 0 atom stereocenters. The molecule has 0 spiro atoms. The average Bonchev–Trinajstić information content (AvgIpc) is 2.80. The zero-order valence-electron chi connectivity index (χ0n) is 10.6. The number of carboxylic acid groups (broad SMARTS) is 1. The summed E-state index contributed by atoms with van der Waals surface area (Å²) in [4.78, 5) is 10.7. The predicted molar refractivity (Wildman–Crippen MR) is 69.9 cm³/mol. The lowest BCUT2D eigenvalue weighted by atomic mass is 9.95. The van der Waals surface area contributed by atoms with Gasteiger partial charge in [0.25, 0.3) is 0 Å². The summed E-state index contributed by atoms with van der Waals surface area (Å²) in [5.74, 6) is 0.222. The van der Waals surface area contributed by atoms with E-state index in [0.29, 0.717) is 6.04 Å². The quantitative estimate of drug-likeness (QED) is 0.832. The first kappa shape index (κ1) is 13.4. The monoisotopic (exact) mass is 269 g/mol. The summed E-state index contributed by atoms with van der Waals surface area (Å²) < 4.78 is 2.17. The second kappa shape index (κ2) is 6.22. The van der Waals surface area contributed by atoms with E-state index in [0.717, 1.165) is 30.2 Å². The van der Waals surface area contributed by atoms with Gasteiger partial charge in [-0.1, -0.05) is 37.9 Å². The third-order valence-corrected chi connectivity index (χ3v) is 4.24.